The second-order valence-corrected chi connectivity index (χ2v) is 7.42. The Kier molecular flexibility index (Phi) is 10.4. The van der Waals surface area contributed by atoms with Gasteiger partial charge in [0, 0.05) is 17.8 Å². The number of amides is 1. The standard InChI is InChI=1S/C19H32N2O3S/c1-5-7-8-9-10-11-12-18(22)21(15(3)4)13-17-20-16(14-25-17)19(23)24-6-2/h14-15H,5-13H2,1-4H3. The Hall–Kier alpha value is -1.43. The number of unbranched alkanes of at least 4 members (excludes halogenated alkanes) is 5. The van der Waals surface area contributed by atoms with Crippen LogP contribution in [0.15, 0.2) is 5.38 Å². The van der Waals surface area contributed by atoms with E-state index >= 15 is 0 Å². The normalized spacial score (nSPS) is 10.9. The van der Waals surface area contributed by atoms with Crippen molar-refractivity contribution in [3.63, 3.8) is 0 Å². The molecule has 0 N–H and O–H groups in total. The van der Waals surface area contributed by atoms with Gasteiger partial charge in [-0.1, -0.05) is 39.0 Å². The number of carbonyl (C=O) groups excluding carboxylic acids is 2. The summed E-state index contributed by atoms with van der Waals surface area (Å²) in [5.41, 5.74) is 0.328. The number of esters is 1. The summed E-state index contributed by atoms with van der Waals surface area (Å²) in [6.45, 7) is 8.79. The van der Waals surface area contributed by atoms with Gasteiger partial charge in [0.25, 0.3) is 0 Å². The summed E-state index contributed by atoms with van der Waals surface area (Å²) < 4.78 is 4.96. The number of carbonyl (C=O) groups is 2. The molecule has 0 bridgehead atoms. The maximum atomic E-state index is 12.5. The molecule has 142 valence electrons. The molecule has 5 nitrogen and oxygen atoms in total. The van der Waals surface area contributed by atoms with Crippen LogP contribution in [0.2, 0.25) is 0 Å². The molecule has 0 radical (unpaired) electrons. The van der Waals surface area contributed by atoms with E-state index in [1.807, 2.05) is 18.7 Å². The number of nitrogens with zero attached hydrogens (tertiary/aromatic N) is 2. The maximum absolute atomic E-state index is 12.5. The Morgan fingerprint density at radius 3 is 2.48 bits per heavy atom. The first kappa shape index (κ1) is 21.6. The Labute approximate surface area is 155 Å². The number of aromatic nitrogens is 1. The third-order valence-corrected chi connectivity index (χ3v) is 4.86. The van der Waals surface area contributed by atoms with Crippen LogP contribution in [0.1, 0.15) is 88.1 Å². The van der Waals surface area contributed by atoms with Gasteiger partial charge in [0.15, 0.2) is 5.69 Å². The van der Waals surface area contributed by atoms with Gasteiger partial charge in [0.1, 0.15) is 5.01 Å². The second-order valence-electron chi connectivity index (χ2n) is 6.48. The number of hydrogen-bond acceptors (Lipinski definition) is 5. The zero-order valence-corrected chi connectivity index (χ0v) is 16.9. The van der Waals surface area contributed by atoms with Gasteiger partial charge in [0.2, 0.25) is 5.91 Å². The molecule has 1 aromatic rings. The Morgan fingerprint density at radius 1 is 1.16 bits per heavy atom. The van der Waals surface area contributed by atoms with Gasteiger partial charge in [-0.05, 0) is 27.2 Å². The van der Waals surface area contributed by atoms with E-state index in [0.29, 0.717) is 25.3 Å². The number of thiazole rings is 1. The number of hydrogen-bond donors (Lipinski definition) is 0. The molecule has 0 aliphatic carbocycles. The molecule has 0 aliphatic rings. The highest BCUT2D eigenvalue weighted by molar-refractivity contribution is 7.09. The minimum Gasteiger partial charge on any atom is -0.461 e. The molecule has 0 aromatic carbocycles. The molecule has 1 rings (SSSR count). The van der Waals surface area contributed by atoms with Gasteiger partial charge < -0.3 is 9.64 Å². The Bertz CT molecular complexity index is 528. The van der Waals surface area contributed by atoms with Crippen LogP contribution in [-0.2, 0) is 16.1 Å². The molecule has 1 aromatic heterocycles. The lowest BCUT2D eigenvalue weighted by atomic mass is 10.1. The lowest BCUT2D eigenvalue weighted by molar-refractivity contribution is -0.133. The van der Waals surface area contributed by atoms with Crippen molar-refractivity contribution >= 4 is 23.2 Å². The summed E-state index contributed by atoms with van der Waals surface area (Å²) in [4.78, 5) is 30.4. The largest absolute Gasteiger partial charge is 0.461 e. The first-order valence-electron chi connectivity index (χ1n) is 9.40. The van der Waals surface area contributed by atoms with Crippen LogP contribution in [0.3, 0.4) is 0 Å². The van der Waals surface area contributed by atoms with Crippen LogP contribution in [-0.4, -0.2) is 34.4 Å². The quantitative estimate of drug-likeness (QED) is 0.392. The van der Waals surface area contributed by atoms with E-state index in [0.717, 1.165) is 17.8 Å². The van der Waals surface area contributed by atoms with Gasteiger partial charge in [-0.3, -0.25) is 4.79 Å². The van der Waals surface area contributed by atoms with Crippen molar-refractivity contribution in [2.75, 3.05) is 6.61 Å². The predicted molar refractivity (Wildman–Crippen MR) is 102 cm³/mol. The van der Waals surface area contributed by atoms with Crippen molar-refractivity contribution in [3.8, 4) is 0 Å². The van der Waals surface area contributed by atoms with Crippen LogP contribution in [0.4, 0.5) is 0 Å². The number of rotatable bonds is 12. The molecule has 0 spiro atoms. The fourth-order valence-electron chi connectivity index (χ4n) is 2.59. The van der Waals surface area contributed by atoms with Crippen molar-refractivity contribution in [3.05, 3.63) is 16.1 Å². The number of ether oxygens (including phenoxy) is 1. The van der Waals surface area contributed by atoms with E-state index < -0.39 is 5.97 Å². The zero-order valence-electron chi connectivity index (χ0n) is 16.0. The van der Waals surface area contributed by atoms with Crippen molar-refractivity contribution in [1.29, 1.82) is 0 Å². The summed E-state index contributed by atoms with van der Waals surface area (Å²) in [5, 5.41) is 2.47. The smallest absolute Gasteiger partial charge is 0.357 e. The van der Waals surface area contributed by atoms with Crippen LogP contribution in [0.5, 0.6) is 0 Å². The van der Waals surface area contributed by atoms with Crippen LogP contribution < -0.4 is 0 Å². The minimum atomic E-state index is -0.403. The highest BCUT2D eigenvalue weighted by Crippen LogP contribution is 2.17. The first-order chi connectivity index (χ1) is 12.0. The molecule has 0 fully saturated rings. The molecule has 25 heavy (non-hydrogen) atoms. The third kappa shape index (κ3) is 7.99. The zero-order chi connectivity index (χ0) is 18.7. The first-order valence-corrected chi connectivity index (χ1v) is 10.3. The Balaban J connectivity index is 2.50. The Morgan fingerprint density at radius 2 is 1.84 bits per heavy atom. The SMILES string of the molecule is CCCCCCCCC(=O)N(Cc1nc(C(=O)OCC)cs1)C(C)C. The van der Waals surface area contributed by atoms with Crippen LogP contribution >= 0.6 is 11.3 Å². The van der Waals surface area contributed by atoms with E-state index in [1.54, 1.807) is 12.3 Å². The summed E-state index contributed by atoms with van der Waals surface area (Å²) >= 11 is 1.40. The van der Waals surface area contributed by atoms with Gasteiger partial charge in [0.05, 0.1) is 13.2 Å². The van der Waals surface area contributed by atoms with Crippen molar-refractivity contribution in [1.82, 2.24) is 9.88 Å². The second kappa shape index (κ2) is 12.0. The molecular weight excluding hydrogens is 336 g/mol. The molecule has 0 saturated carbocycles. The molecule has 0 unspecified atom stereocenters. The highest BCUT2D eigenvalue weighted by Gasteiger charge is 2.20. The van der Waals surface area contributed by atoms with E-state index in [-0.39, 0.29) is 11.9 Å². The van der Waals surface area contributed by atoms with Gasteiger partial charge in [-0.25, -0.2) is 9.78 Å². The third-order valence-electron chi connectivity index (χ3n) is 4.03. The van der Waals surface area contributed by atoms with Gasteiger partial charge >= 0.3 is 5.97 Å². The monoisotopic (exact) mass is 368 g/mol. The summed E-state index contributed by atoms with van der Waals surface area (Å²) in [6, 6.07) is 0.113. The fourth-order valence-corrected chi connectivity index (χ4v) is 3.35. The van der Waals surface area contributed by atoms with Crippen molar-refractivity contribution in [2.24, 2.45) is 0 Å². The average molecular weight is 369 g/mol. The van der Waals surface area contributed by atoms with E-state index in [1.165, 1.54) is 37.0 Å². The summed E-state index contributed by atoms with van der Waals surface area (Å²) in [5.74, 6) is -0.238. The van der Waals surface area contributed by atoms with E-state index in [2.05, 4.69) is 11.9 Å². The minimum absolute atomic E-state index is 0.113. The lowest BCUT2D eigenvalue weighted by Crippen LogP contribution is -2.36. The molecule has 0 saturated heterocycles. The average Bonchev–Trinajstić information content (AvgIpc) is 3.04. The molecule has 1 heterocycles. The lowest BCUT2D eigenvalue weighted by Gasteiger charge is -2.26. The van der Waals surface area contributed by atoms with Gasteiger partial charge in [-0.15, -0.1) is 11.3 Å². The van der Waals surface area contributed by atoms with Gasteiger partial charge in [-0.2, -0.15) is 0 Å². The molecule has 1 amide bonds. The fraction of sp³-hybridized carbons (Fsp3) is 0.737. The molecular formula is C19H32N2O3S. The van der Waals surface area contributed by atoms with Crippen LogP contribution in [0, 0.1) is 0 Å². The molecule has 6 heteroatoms. The molecule has 0 aliphatic heterocycles. The van der Waals surface area contributed by atoms with Crippen molar-refractivity contribution in [2.45, 2.75) is 85.2 Å². The van der Waals surface area contributed by atoms with E-state index in [4.69, 9.17) is 4.74 Å². The maximum Gasteiger partial charge on any atom is 0.357 e. The summed E-state index contributed by atoms with van der Waals surface area (Å²) in [7, 11) is 0. The highest BCUT2D eigenvalue weighted by atomic mass is 32.1. The molecule has 0 atom stereocenters. The summed E-state index contributed by atoms with van der Waals surface area (Å²) in [6.07, 6.45) is 7.62. The topological polar surface area (TPSA) is 59.5 Å². The van der Waals surface area contributed by atoms with Crippen LogP contribution in [0.25, 0.3) is 0 Å². The van der Waals surface area contributed by atoms with Crippen molar-refractivity contribution < 1.29 is 14.3 Å². The predicted octanol–water partition coefficient (Wildman–Crippen LogP) is 4.81. The van der Waals surface area contributed by atoms with E-state index in [9.17, 15) is 9.59 Å².